The maximum atomic E-state index is 13.1. The molecule has 0 bridgehead atoms. The number of hydrogen-bond donors (Lipinski definition) is 0. The van der Waals surface area contributed by atoms with Gasteiger partial charge in [-0.25, -0.2) is 4.99 Å². The van der Waals surface area contributed by atoms with Crippen LogP contribution in [0.1, 0.15) is 42.6 Å². The van der Waals surface area contributed by atoms with Gasteiger partial charge in [-0.2, -0.15) is 0 Å². The number of amides is 1. The van der Waals surface area contributed by atoms with E-state index in [9.17, 15) is 4.79 Å². The number of aryl methyl sites for hydroxylation is 1. The highest BCUT2D eigenvalue weighted by Gasteiger charge is 2.21. The van der Waals surface area contributed by atoms with Crippen LogP contribution in [-0.4, -0.2) is 28.3 Å². The van der Waals surface area contributed by atoms with Crippen molar-refractivity contribution < 1.29 is 4.79 Å². The SMILES string of the molecule is CCCCN(C(=O)c1ccccc1)C(=Nc1cc(C)ccc1Cl)SCC. The number of hydrogen-bond acceptors (Lipinski definition) is 3. The van der Waals surface area contributed by atoms with Crippen LogP contribution in [-0.2, 0) is 0 Å². The third-order valence-electron chi connectivity index (χ3n) is 3.82. The van der Waals surface area contributed by atoms with Crippen LogP contribution in [0.2, 0.25) is 5.02 Å². The summed E-state index contributed by atoms with van der Waals surface area (Å²) in [6, 6.07) is 15.1. The molecule has 26 heavy (non-hydrogen) atoms. The summed E-state index contributed by atoms with van der Waals surface area (Å²) in [5.74, 6) is 0.801. The molecule has 0 unspecified atom stereocenters. The number of benzene rings is 2. The van der Waals surface area contributed by atoms with Gasteiger partial charge in [-0.05, 0) is 48.9 Å². The smallest absolute Gasteiger partial charge is 0.259 e. The summed E-state index contributed by atoms with van der Waals surface area (Å²) < 4.78 is 0. The van der Waals surface area contributed by atoms with Crippen LogP contribution in [0.15, 0.2) is 53.5 Å². The molecular formula is C21H25ClN2OS. The maximum Gasteiger partial charge on any atom is 0.259 e. The van der Waals surface area contributed by atoms with Gasteiger partial charge in [-0.15, -0.1) is 0 Å². The summed E-state index contributed by atoms with van der Waals surface area (Å²) in [5, 5.41) is 1.29. The van der Waals surface area contributed by atoms with Gasteiger partial charge in [0, 0.05) is 12.1 Å². The van der Waals surface area contributed by atoms with Gasteiger partial charge in [0.05, 0.1) is 10.7 Å². The van der Waals surface area contributed by atoms with Crippen molar-refractivity contribution >= 4 is 40.1 Å². The third-order valence-corrected chi connectivity index (χ3v) is 5.00. The van der Waals surface area contributed by atoms with Crippen molar-refractivity contribution in [2.24, 2.45) is 4.99 Å². The van der Waals surface area contributed by atoms with Crippen molar-refractivity contribution in [2.45, 2.75) is 33.6 Å². The summed E-state index contributed by atoms with van der Waals surface area (Å²) in [4.78, 5) is 19.7. The molecule has 0 aromatic heterocycles. The fraction of sp³-hybridized carbons (Fsp3) is 0.333. The minimum Gasteiger partial charge on any atom is -0.287 e. The normalized spacial score (nSPS) is 11.5. The highest BCUT2D eigenvalue weighted by atomic mass is 35.5. The maximum absolute atomic E-state index is 13.1. The predicted octanol–water partition coefficient (Wildman–Crippen LogP) is 6.33. The highest BCUT2D eigenvalue weighted by Crippen LogP contribution is 2.28. The highest BCUT2D eigenvalue weighted by molar-refractivity contribution is 8.13. The largest absolute Gasteiger partial charge is 0.287 e. The second-order valence-electron chi connectivity index (χ2n) is 5.96. The Hall–Kier alpha value is -1.78. The Morgan fingerprint density at radius 3 is 2.54 bits per heavy atom. The molecule has 2 aromatic rings. The van der Waals surface area contributed by atoms with Crippen molar-refractivity contribution in [3.8, 4) is 0 Å². The molecule has 0 atom stereocenters. The molecule has 2 aromatic carbocycles. The molecule has 3 nitrogen and oxygen atoms in total. The van der Waals surface area contributed by atoms with Gasteiger partial charge in [-0.3, -0.25) is 9.69 Å². The summed E-state index contributed by atoms with van der Waals surface area (Å²) in [7, 11) is 0. The van der Waals surface area contributed by atoms with E-state index in [0.717, 1.165) is 24.2 Å². The van der Waals surface area contributed by atoms with Crippen molar-refractivity contribution in [1.82, 2.24) is 4.90 Å². The molecule has 0 saturated carbocycles. The number of nitrogens with zero attached hydrogens (tertiary/aromatic N) is 2. The molecule has 0 heterocycles. The molecule has 0 aliphatic carbocycles. The predicted molar refractivity (Wildman–Crippen MR) is 114 cm³/mol. The number of aliphatic imine (C=N–C) groups is 1. The minimum atomic E-state index is -0.0254. The van der Waals surface area contributed by atoms with E-state index in [1.54, 1.807) is 16.7 Å². The Morgan fingerprint density at radius 1 is 1.15 bits per heavy atom. The zero-order valence-electron chi connectivity index (χ0n) is 15.5. The van der Waals surface area contributed by atoms with E-state index < -0.39 is 0 Å². The van der Waals surface area contributed by atoms with Crippen LogP contribution in [0.4, 0.5) is 5.69 Å². The van der Waals surface area contributed by atoms with Crippen LogP contribution < -0.4 is 0 Å². The first-order valence-electron chi connectivity index (χ1n) is 8.91. The van der Waals surface area contributed by atoms with Gasteiger partial charge >= 0.3 is 0 Å². The molecule has 0 aliphatic heterocycles. The molecule has 0 spiro atoms. The Kier molecular flexibility index (Phi) is 8.20. The van der Waals surface area contributed by atoms with Crippen LogP contribution >= 0.6 is 23.4 Å². The Bertz CT molecular complexity index is 762. The monoisotopic (exact) mass is 388 g/mol. The fourth-order valence-corrected chi connectivity index (χ4v) is 3.36. The third kappa shape index (κ3) is 5.61. The summed E-state index contributed by atoms with van der Waals surface area (Å²) >= 11 is 7.89. The standard InChI is InChI=1S/C21H25ClN2OS/c1-4-6-14-24(20(25)17-10-8-7-9-11-17)21(26-5-2)23-19-15-16(3)12-13-18(19)22/h7-13,15H,4-6,14H2,1-3H3. The van der Waals surface area contributed by atoms with Gasteiger partial charge in [0.25, 0.3) is 5.91 Å². The number of carbonyl (C=O) groups excluding carboxylic acids is 1. The molecular weight excluding hydrogens is 364 g/mol. The van der Waals surface area contributed by atoms with E-state index >= 15 is 0 Å². The second-order valence-corrected chi connectivity index (χ2v) is 7.60. The topological polar surface area (TPSA) is 32.7 Å². The lowest BCUT2D eigenvalue weighted by Gasteiger charge is -2.24. The van der Waals surface area contributed by atoms with E-state index in [2.05, 4.69) is 13.8 Å². The number of halogens is 1. The van der Waals surface area contributed by atoms with E-state index in [0.29, 0.717) is 28.0 Å². The summed E-state index contributed by atoms with van der Waals surface area (Å²) in [6.07, 6.45) is 1.93. The Morgan fingerprint density at radius 2 is 1.88 bits per heavy atom. The van der Waals surface area contributed by atoms with Gasteiger partial charge in [0.15, 0.2) is 5.17 Å². The van der Waals surface area contributed by atoms with Crippen molar-refractivity contribution in [3.63, 3.8) is 0 Å². The lowest BCUT2D eigenvalue weighted by Crippen LogP contribution is -2.36. The first-order chi connectivity index (χ1) is 12.6. The summed E-state index contributed by atoms with van der Waals surface area (Å²) in [5.41, 5.74) is 2.46. The quantitative estimate of drug-likeness (QED) is 0.427. The molecule has 1 amide bonds. The molecule has 0 aliphatic rings. The number of unbranched alkanes of at least 4 members (excludes halogenated alkanes) is 1. The van der Waals surface area contributed by atoms with Crippen LogP contribution in [0.5, 0.6) is 0 Å². The van der Waals surface area contributed by atoms with E-state index in [1.807, 2.05) is 55.5 Å². The Balaban J connectivity index is 2.44. The average molecular weight is 389 g/mol. The second kappa shape index (κ2) is 10.4. The number of amidine groups is 1. The molecule has 5 heteroatoms. The average Bonchev–Trinajstić information content (AvgIpc) is 2.65. The molecule has 0 N–H and O–H groups in total. The van der Waals surface area contributed by atoms with Crippen LogP contribution in [0, 0.1) is 6.92 Å². The zero-order valence-corrected chi connectivity index (χ0v) is 17.1. The van der Waals surface area contributed by atoms with Crippen LogP contribution in [0.3, 0.4) is 0 Å². The van der Waals surface area contributed by atoms with Crippen LogP contribution in [0.25, 0.3) is 0 Å². The zero-order chi connectivity index (χ0) is 18.9. The van der Waals surface area contributed by atoms with Gasteiger partial charge in [-0.1, -0.05) is 67.9 Å². The van der Waals surface area contributed by atoms with Crippen molar-refractivity contribution in [3.05, 3.63) is 64.7 Å². The Labute approximate surface area is 165 Å². The molecule has 0 saturated heterocycles. The number of thioether (sulfide) groups is 1. The number of carbonyl (C=O) groups is 1. The van der Waals surface area contributed by atoms with Gasteiger partial charge in [0.1, 0.15) is 0 Å². The lowest BCUT2D eigenvalue weighted by atomic mass is 10.2. The lowest BCUT2D eigenvalue weighted by molar-refractivity contribution is 0.0849. The van der Waals surface area contributed by atoms with E-state index in [4.69, 9.17) is 16.6 Å². The van der Waals surface area contributed by atoms with E-state index in [1.165, 1.54) is 0 Å². The molecule has 0 radical (unpaired) electrons. The van der Waals surface area contributed by atoms with Crippen molar-refractivity contribution in [2.75, 3.05) is 12.3 Å². The first-order valence-corrected chi connectivity index (χ1v) is 10.3. The van der Waals surface area contributed by atoms with Gasteiger partial charge < -0.3 is 0 Å². The van der Waals surface area contributed by atoms with Crippen molar-refractivity contribution in [1.29, 1.82) is 0 Å². The first kappa shape index (κ1) is 20.5. The van der Waals surface area contributed by atoms with Gasteiger partial charge in [0.2, 0.25) is 0 Å². The van der Waals surface area contributed by atoms with E-state index in [-0.39, 0.29) is 5.91 Å². The minimum absolute atomic E-state index is 0.0254. The molecule has 2 rings (SSSR count). The molecule has 138 valence electrons. The fourth-order valence-electron chi connectivity index (χ4n) is 2.45. The number of rotatable bonds is 6. The summed E-state index contributed by atoms with van der Waals surface area (Å²) in [6.45, 7) is 6.82. The molecule has 0 fully saturated rings.